The van der Waals surface area contributed by atoms with Gasteiger partial charge in [0.2, 0.25) is 0 Å². The van der Waals surface area contributed by atoms with Crippen molar-refractivity contribution in [1.29, 1.82) is 0 Å². The summed E-state index contributed by atoms with van der Waals surface area (Å²) in [6, 6.07) is 4.83. The van der Waals surface area contributed by atoms with E-state index in [1.54, 1.807) is 13.2 Å². The molecule has 0 saturated heterocycles. The zero-order valence-corrected chi connectivity index (χ0v) is 12.6. The van der Waals surface area contributed by atoms with Gasteiger partial charge in [0, 0.05) is 42.3 Å². The van der Waals surface area contributed by atoms with Crippen LogP contribution in [0.2, 0.25) is 5.02 Å². The summed E-state index contributed by atoms with van der Waals surface area (Å²) in [4.78, 5) is 10.4. The number of methoxy groups -OCH3 is 1. The Bertz CT molecular complexity index is 519. The minimum atomic E-state index is -0.409. The van der Waals surface area contributed by atoms with Gasteiger partial charge in [-0.3, -0.25) is 10.1 Å². The Morgan fingerprint density at radius 1 is 1.55 bits per heavy atom. The third kappa shape index (κ3) is 2.80. The van der Waals surface area contributed by atoms with E-state index in [9.17, 15) is 10.1 Å². The Morgan fingerprint density at radius 2 is 2.25 bits per heavy atom. The molecule has 110 valence electrons. The van der Waals surface area contributed by atoms with Crippen molar-refractivity contribution in [2.45, 2.75) is 39.0 Å². The first-order chi connectivity index (χ1) is 9.36. The van der Waals surface area contributed by atoms with E-state index >= 15 is 0 Å². The fraction of sp³-hybridized carbons (Fsp3) is 0.571. The smallest absolute Gasteiger partial charge is 0.269 e. The van der Waals surface area contributed by atoms with Crippen LogP contribution in [0.5, 0.6) is 0 Å². The second-order valence-electron chi connectivity index (χ2n) is 5.75. The van der Waals surface area contributed by atoms with Crippen molar-refractivity contribution in [2.24, 2.45) is 5.41 Å². The molecular weight excluding hydrogens is 280 g/mol. The summed E-state index contributed by atoms with van der Waals surface area (Å²) < 4.78 is 5.40. The van der Waals surface area contributed by atoms with Gasteiger partial charge in [0.1, 0.15) is 0 Å². The number of nitro benzene ring substituents is 1. The standard InChI is InChI=1S/C14H19ClN2O3/c1-14(2)12(7-13(14)20-3)16-8-9-6-10(17(18)19)4-5-11(9)15/h4-6,12-13,16H,7-8H2,1-3H3. The van der Waals surface area contributed by atoms with Crippen molar-refractivity contribution >= 4 is 17.3 Å². The predicted octanol–water partition coefficient (Wildman–Crippen LogP) is 3.15. The van der Waals surface area contributed by atoms with Crippen LogP contribution in [0.15, 0.2) is 18.2 Å². The molecule has 1 saturated carbocycles. The largest absolute Gasteiger partial charge is 0.381 e. The van der Waals surface area contributed by atoms with Crippen molar-refractivity contribution in [3.8, 4) is 0 Å². The van der Waals surface area contributed by atoms with Crippen molar-refractivity contribution in [1.82, 2.24) is 5.32 Å². The van der Waals surface area contributed by atoms with E-state index < -0.39 is 4.92 Å². The lowest BCUT2D eigenvalue weighted by Crippen LogP contribution is -2.60. The topological polar surface area (TPSA) is 64.4 Å². The second-order valence-corrected chi connectivity index (χ2v) is 6.15. The first kappa shape index (κ1) is 15.2. The number of nitrogens with one attached hydrogen (secondary N) is 1. The van der Waals surface area contributed by atoms with Crippen LogP contribution < -0.4 is 5.32 Å². The number of halogens is 1. The molecule has 1 aliphatic rings. The molecule has 2 unspecified atom stereocenters. The molecule has 2 rings (SSSR count). The minimum absolute atomic E-state index is 0.0575. The SMILES string of the molecule is COC1CC(NCc2cc([N+](=O)[O-])ccc2Cl)C1(C)C. The zero-order valence-electron chi connectivity index (χ0n) is 11.9. The summed E-state index contributed by atoms with van der Waals surface area (Å²) in [5.74, 6) is 0. The molecule has 1 N–H and O–H groups in total. The van der Waals surface area contributed by atoms with Gasteiger partial charge in [-0.1, -0.05) is 25.4 Å². The van der Waals surface area contributed by atoms with Gasteiger partial charge in [-0.25, -0.2) is 0 Å². The molecule has 1 aromatic carbocycles. The molecule has 20 heavy (non-hydrogen) atoms. The third-order valence-corrected chi connectivity index (χ3v) is 4.61. The molecule has 0 amide bonds. The van der Waals surface area contributed by atoms with E-state index in [0.717, 1.165) is 12.0 Å². The summed E-state index contributed by atoms with van der Waals surface area (Å²) in [6.07, 6.45) is 1.19. The quantitative estimate of drug-likeness (QED) is 0.670. The Morgan fingerprint density at radius 3 is 2.80 bits per heavy atom. The molecule has 2 atom stereocenters. The summed E-state index contributed by atoms with van der Waals surface area (Å²) in [6.45, 7) is 4.82. The molecule has 1 aliphatic carbocycles. The molecule has 1 aromatic rings. The zero-order chi connectivity index (χ0) is 14.9. The first-order valence-corrected chi connectivity index (χ1v) is 6.93. The maximum Gasteiger partial charge on any atom is 0.269 e. The molecule has 0 bridgehead atoms. The molecule has 0 aromatic heterocycles. The summed E-state index contributed by atoms with van der Waals surface area (Å²) in [7, 11) is 1.72. The summed E-state index contributed by atoms with van der Waals surface area (Å²) >= 11 is 6.09. The molecule has 0 heterocycles. The van der Waals surface area contributed by atoms with Gasteiger partial charge in [0.25, 0.3) is 5.69 Å². The molecule has 0 spiro atoms. The minimum Gasteiger partial charge on any atom is -0.381 e. The van der Waals surface area contributed by atoms with Crippen molar-refractivity contribution in [3.63, 3.8) is 0 Å². The molecule has 0 aliphatic heterocycles. The van der Waals surface area contributed by atoms with E-state index in [-0.39, 0.29) is 17.2 Å². The van der Waals surface area contributed by atoms with Crippen LogP contribution in [-0.4, -0.2) is 24.2 Å². The molecule has 0 radical (unpaired) electrons. The van der Waals surface area contributed by atoms with E-state index in [1.165, 1.54) is 12.1 Å². The summed E-state index contributed by atoms with van der Waals surface area (Å²) in [5, 5.41) is 14.7. The first-order valence-electron chi connectivity index (χ1n) is 6.55. The molecular formula is C14H19ClN2O3. The van der Waals surface area contributed by atoms with Gasteiger partial charge in [0.05, 0.1) is 11.0 Å². The highest BCUT2D eigenvalue weighted by Crippen LogP contribution is 2.42. The van der Waals surface area contributed by atoms with Crippen molar-refractivity contribution in [3.05, 3.63) is 38.9 Å². The van der Waals surface area contributed by atoms with E-state index in [1.807, 2.05) is 0 Å². The average molecular weight is 299 g/mol. The van der Waals surface area contributed by atoms with Crippen LogP contribution in [0.3, 0.4) is 0 Å². The van der Waals surface area contributed by atoms with Crippen LogP contribution in [-0.2, 0) is 11.3 Å². The predicted molar refractivity (Wildman–Crippen MR) is 77.9 cm³/mol. The number of benzene rings is 1. The van der Waals surface area contributed by atoms with Gasteiger partial charge >= 0.3 is 0 Å². The summed E-state index contributed by atoms with van der Waals surface area (Å²) in [5.41, 5.74) is 0.869. The lowest BCUT2D eigenvalue weighted by molar-refractivity contribution is -0.384. The fourth-order valence-corrected chi connectivity index (χ4v) is 2.86. The van der Waals surface area contributed by atoms with E-state index in [4.69, 9.17) is 16.3 Å². The maximum atomic E-state index is 10.8. The highest BCUT2D eigenvalue weighted by atomic mass is 35.5. The monoisotopic (exact) mass is 298 g/mol. The number of non-ortho nitro benzene ring substituents is 1. The average Bonchev–Trinajstić information content (AvgIpc) is 2.39. The molecule has 1 fully saturated rings. The van der Waals surface area contributed by atoms with Crippen LogP contribution in [0, 0.1) is 15.5 Å². The molecule has 5 nitrogen and oxygen atoms in total. The lowest BCUT2D eigenvalue weighted by atomic mass is 9.64. The number of hydrogen-bond donors (Lipinski definition) is 1. The van der Waals surface area contributed by atoms with Crippen LogP contribution in [0.25, 0.3) is 0 Å². The van der Waals surface area contributed by atoms with Crippen molar-refractivity contribution in [2.75, 3.05) is 7.11 Å². The van der Waals surface area contributed by atoms with E-state index in [0.29, 0.717) is 17.6 Å². The highest BCUT2D eigenvalue weighted by Gasteiger charge is 2.48. The van der Waals surface area contributed by atoms with Gasteiger partial charge < -0.3 is 10.1 Å². The van der Waals surface area contributed by atoms with Crippen LogP contribution >= 0.6 is 11.6 Å². The number of hydrogen-bond acceptors (Lipinski definition) is 4. The van der Waals surface area contributed by atoms with E-state index in [2.05, 4.69) is 19.2 Å². The molecule has 6 heteroatoms. The Labute approximate surface area is 123 Å². The van der Waals surface area contributed by atoms with Gasteiger partial charge in [-0.15, -0.1) is 0 Å². The fourth-order valence-electron chi connectivity index (χ4n) is 2.68. The van der Waals surface area contributed by atoms with Crippen LogP contribution in [0.4, 0.5) is 5.69 Å². The normalized spacial score (nSPS) is 24.2. The van der Waals surface area contributed by atoms with Gasteiger partial charge in [-0.05, 0) is 18.1 Å². The number of ether oxygens (including phenoxy) is 1. The second kappa shape index (κ2) is 5.68. The third-order valence-electron chi connectivity index (χ3n) is 4.24. The van der Waals surface area contributed by atoms with Crippen LogP contribution in [0.1, 0.15) is 25.8 Å². The maximum absolute atomic E-state index is 10.8. The Kier molecular flexibility index (Phi) is 4.32. The number of nitro groups is 1. The lowest BCUT2D eigenvalue weighted by Gasteiger charge is -2.51. The Balaban J connectivity index is 2.02. The number of rotatable bonds is 5. The number of nitrogens with zero attached hydrogens (tertiary/aromatic N) is 1. The highest BCUT2D eigenvalue weighted by molar-refractivity contribution is 6.31. The van der Waals surface area contributed by atoms with Gasteiger partial charge in [0.15, 0.2) is 0 Å². The van der Waals surface area contributed by atoms with Gasteiger partial charge in [-0.2, -0.15) is 0 Å². The Hall–Kier alpha value is -1.17. The van der Waals surface area contributed by atoms with Crippen molar-refractivity contribution < 1.29 is 9.66 Å².